The Morgan fingerprint density at radius 1 is 0.778 bits per heavy atom. The van der Waals surface area contributed by atoms with Gasteiger partial charge in [0.15, 0.2) is 0 Å². The lowest BCUT2D eigenvalue weighted by Crippen LogP contribution is -2.25. The first-order chi connectivity index (χ1) is 12.7. The third-order valence-corrected chi connectivity index (χ3v) is 17.5. The lowest BCUT2D eigenvalue weighted by molar-refractivity contribution is 0.766. The van der Waals surface area contributed by atoms with Gasteiger partial charge in [-0.15, -0.1) is 0 Å². The summed E-state index contributed by atoms with van der Waals surface area (Å²) in [5, 5.41) is 2.78. The first-order valence-corrected chi connectivity index (χ1v) is 15.9. The average Bonchev–Trinajstić information content (AvgIpc) is 3.23. The fraction of sp³-hybridized carbons (Fsp3) is 0.750. The second-order valence-corrected chi connectivity index (χ2v) is 19.8. The maximum Gasteiger partial charge on any atom is -0.0162 e. The lowest BCUT2D eigenvalue weighted by atomic mass is 10.2. The minimum Gasteiger partial charge on any atom is -0.0976 e. The lowest BCUT2D eigenvalue weighted by Gasteiger charge is -2.38. The van der Waals surface area contributed by atoms with Crippen LogP contribution in [0.5, 0.6) is 0 Å². The maximum atomic E-state index is 2.51. The summed E-state index contributed by atoms with van der Waals surface area (Å²) in [4.78, 5) is 0. The normalized spacial score (nSPS) is 29.6. The summed E-state index contributed by atoms with van der Waals surface area (Å²) in [5.41, 5.74) is 2.04. The molecule has 0 bridgehead atoms. The van der Waals surface area contributed by atoms with Crippen molar-refractivity contribution in [1.29, 1.82) is 0 Å². The van der Waals surface area contributed by atoms with E-state index in [-0.39, 0.29) is 23.8 Å². The molecule has 2 saturated heterocycles. The van der Waals surface area contributed by atoms with Crippen molar-refractivity contribution in [3.05, 3.63) is 30.3 Å². The van der Waals surface area contributed by atoms with Gasteiger partial charge in [0.25, 0.3) is 0 Å². The molecule has 152 valence electrons. The van der Waals surface area contributed by atoms with Gasteiger partial charge in [-0.1, -0.05) is 95.6 Å². The maximum absolute atomic E-state index is 2.51. The monoisotopic (exact) mass is 422 g/mol. The van der Waals surface area contributed by atoms with Gasteiger partial charge in [0.2, 0.25) is 0 Å². The van der Waals surface area contributed by atoms with Crippen LogP contribution in [0.2, 0.25) is 0 Å². The van der Waals surface area contributed by atoms with E-state index >= 15 is 0 Å². The summed E-state index contributed by atoms with van der Waals surface area (Å²) >= 11 is 0. The Morgan fingerprint density at radius 3 is 1.63 bits per heavy atom. The molecule has 2 aliphatic rings. The molecule has 3 rings (SSSR count). The van der Waals surface area contributed by atoms with E-state index in [4.69, 9.17) is 0 Å². The van der Waals surface area contributed by atoms with Crippen molar-refractivity contribution < 1.29 is 0 Å². The number of benzene rings is 1. The molecular weight excluding hydrogens is 381 g/mol. The molecule has 0 aliphatic carbocycles. The fourth-order valence-electron chi connectivity index (χ4n) is 5.25. The van der Waals surface area contributed by atoms with Crippen LogP contribution in [-0.2, 0) is 0 Å². The highest BCUT2D eigenvalue weighted by Crippen LogP contribution is 2.64. The molecule has 3 heteroatoms. The highest BCUT2D eigenvalue weighted by molar-refractivity contribution is 7.69. The highest BCUT2D eigenvalue weighted by atomic mass is 31.1. The van der Waals surface area contributed by atoms with E-state index in [9.17, 15) is 0 Å². The third-order valence-electron chi connectivity index (χ3n) is 6.46. The van der Waals surface area contributed by atoms with Gasteiger partial charge >= 0.3 is 0 Å². The van der Waals surface area contributed by atoms with Crippen LogP contribution in [-0.4, -0.2) is 46.3 Å². The largest absolute Gasteiger partial charge is 0.0976 e. The molecule has 2 aliphatic heterocycles. The van der Waals surface area contributed by atoms with Gasteiger partial charge in [0.1, 0.15) is 0 Å². The first-order valence-electron chi connectivity index (χ1n) is 11.0. The van der Waals surface area contributed by atoms with Crippen LogP contribution in [0.3, 0.4) is 0 Å². The minimum atomic E-state index is 0.00703. The van der Waals surface area contributed by atoms with Crippen molar-refractivity contribution in [3.8, 4) is 0 Å². The number of rotatable bonds is 5. The van der Waals surface area contributed by atoms with E-state index in [1.165, 1.54) is 50.3 Å². The van der Waals surface area contributed by atoms with Crippen LogP contribution in [0.25, 0.3) is 0 Å². The second kappa shape index (κ2) is 9.11. The van der Waals surface area contributed by atoms with Gasteiger partial charge in [-0.05, 0) is 77.3 Å². The zero-order valence-electron chi connectivity index (χ0n) is 18.5. The average molecular weight is 423 g/mol. The second-order valence-electron chi connectivity index (χ2n) is 10.6. The van der Waals surface area contributed by atoms with Gasteiger partial charge < -0.3 is 0 Å². The van der Waals surface area contributed by atoms with Crippen molar-refractivity contribution in [2.24, 2.45) is 0 Å². The van der Waals surface area contributed by atoms with Crippen molar-refractivity contribution >= 4 is 29.1 Å². The summed E-state index contributed by atoms with van der Waals surface area (Å²) in [5.74, 6) is 0. The number of hydrogen-bond acceptors (Lipinski definition) is 0. The summed E-state index contributed by atoms with van der Waals surface area (Å²) < 4.78 is 0. The van der Waals surface area contributed by atoms with Crippen molar-refractivity contribution in [1.82, 2.24) is 0 Å². The van der Waals surface area contributed by atoms with Crippen LogP contribution in [0.15, 0.2) is 30.3 Å². The summed E-state index contributed by atoms with van der Waals surface area (Å²) in [6, 6.07) is 11.7. The Hall–Kier alpha value is 0.510. The molecular formula is C24H41P3. The zero-order chi connectivity index (χ0) is 19.7. The van der Waals surface area contributed by atoms with E-state index in [1.807, 2.05) is 0 Å². The van der Waals surface area contributed by atoms with Crippen LogP contribution in [0.1, 0.15) is 67.2 Å². The molecule has 1 aromatic rings. The summed E-state index contributed by atoms with van der Waals surface area (Å²) in [6.45, 7) is 15.1. The minimum absolute atomic E-state index is 0.00703. The molecule has 4 atom stereocenters. The Bertz CT molecular complexity index is 550. The third kappa shape index (κ3) is 5.78. The Morgan fingerprint density at radius 2 is 1.22 bits per heavy atom. The van der Waals surface area contributed by atoms with E-state index in [1.54, 1.807) is 5.30 Å². The van der Waals surface area contributed by atoms with Gasteiger partial charge in [-0.25, -0.2) is 0 Å². The van der Waals surface area contributed by atoms with Gasteiger partial charge in [0.05, 0.1) is 0 Å². The van der Waals surface area contributed by atoms with E-state index < -0.39 is 0 Å². The molecule has 0 N–H and O–H groups in total. The summed E-state index contributed by atoms with van der Waals surface area (Å²) in [7, 11) is 0.402. The molecule has 0 spiro atoms. The predicted molar refractivity (Wildman–Crippen MR) is 132 cm³/mol. The molecule has 2 heterocycles. The van der Waals surface area contributed by atoms with Crippen LogP contribution in [0, 0.1) is 0 Å². The van der Waals surface area contributed by atoms with E-state index in [0.717, 1.165) is 11.3 Å². The molecule has 1 aromatic carbocycles. The predicted octanol–water partition coefficient (Wildman–Crippen LogP) is 7.68. The van der Waals surface area contributed by atoms with Gasteiger partial charge in [0, 0.05) is 0 Å². The molecule has 0 unspecified atom stereocenters. The fourth-order valence-corrected chi connectivity index (χ4v) is 16.9. The molecule has 0 nitrogen and oxygen atoms in total. The summed E-state index contributed by atoms with van der Waals surface area (Å²) in [6.07, 6.45) is 12.1. The van der Waals surface area contributed by atoms with E-state index in [2.05, 4.69) is 71.9 Å². The standard InChI is InChI=1S/C24H41P3/c1-23(2,3)26-16-10-14-21(26)18-25(20-12-8-7-9-13-20)19-22-15-11-17-27(22)24(4,5)6/h7-9,12-13,21-22H,10-11,14-19H2,1-6H3/t21-,22-,26-,27-/m1/s1. The topological polar surface area (TPSA) is 0 Å². The molecule has 0 radical (unpaired) electrons. The highest BCUT2D eigenvalue weighted by Gasteiger charge is 2.39. The van der Waals surface area contributed by atoms with Crippen LogP contribution < -0.4 is 5.30 Å². The van der Waals surface area contributed by atoms with Crippen LogP contribution in [0.4, 0.5) is 0 Å². The van der Waals surface area contributed by atoms with Crippen molar-refractivity contribution in [2.45, 2.75) is 88.9 Å². The van der Waals surface area contributed by atoms with Crippen molar-refractivity contribution in [2.75, 3.05) is 24.6 Å². The van der Waals surface area contributed by atoms with Crippen molar-refractivity contribution in [3.63, 3.8) is 0 Å². The van der Waals surface area contributed by atoms with Gasteiger partial charge in [-0.2, -0.15) is 0 Å². The molecule has 0 amide bonds. The van der Waals surface area contributed by atoms with E-state index in [0.29, 0.717) is 10.3 Å². The molecule has 0 aromatic heterocycles. The molecule has 0 saturated carbocycles. The molecule has 2 fully saturated rings. The Balaban J connectivity index is 1.78. The molecule has 27 heavy (non-hydrogen) atoms. The zero-order valence-corrected chi connectivity index (χ0v) is 21.2. The Kier molecular flexibility index (Phi) is 7.49. The smallest absolute Gasteiger partial charge is 0.0162 e. The Labute approximate surface area is 172 Å². The SMILES string of the molecule is CC(C)(C)[P@]1CCC[C@@H]1CP(C[C@H]1CCC[P@@]1C(C)(C)C)c1ccccc1. The van der Waals surface area contributed by atoms with Crippen LogP contribution >= 0.6 is 23.8 Å². The quantitative estimate of drug-likeness (QED) is 0.427. The first kappa shape index (κ1) is 22.2. The number of hydrogen-bond donors (Lipinski definition) is 0. The van der Waals surface area contributed by atoms with Gasteiger partial charge in [-0.3, -0.25) is 0 Å².